The third kappa shape index (κ3) is 3.31. The summed E-state index contributed by atoms with van der Waals surface area (Å²) in [7, 11) is 0. The van der Waals surface area contributed by atoms with E-state index in [9.17, 15) is 4.21 Å². The maximum atomic E-state index is 12.0. The highest BCUT2D eigenvalue weighted by Gasteiger charge is 2.07. The Kier molecular flexibility index (Phi) is 4.51. The SMILES string of the molecule is Cc1ccc(COS(=O)c2ccccc2)c(C)c1C. The fourth-order valence-electron chi connectivity index (χ4n) is 1.89. The molecule has 2 rings (SSSR count). The van der Waals surface area contributed by atoms with E-state index in [0.29, 0.717) is 11.5 Å². The van der Waals surface area contributed by atoms with Crippen LogP contribution in [0.1, 0.15) is 22.3 Å². The number of aryl methyl sites for hydroxylation is 1. The van der Waals surface area contributed by atoms with Crippen molar-refractivity contribution >= 4 is 11.1 Å². The van der Waals surface area contributed by atoms with Gasteiger partial charge in [-0.3, -0.25) is 4.18 Å². The summed E-state index contributed by atoms with van der Waals surface area (Å²) in [5, 5.41) is 0. The summed E-state index contributed by atoms with van der Waals surface area (Å²) in [5.74, 6) is 0. The first-order valence-corrected chi connectivity index (χ1v) is 7.33. The van der Waals surface area contributed by atoms with Gasteiger partial charge in [0.05, 0.1) is 11.5 Å². The van der Waals surface area contributed by atoms with Crippen molar-refractivity contribution in [2.24, 2.45) is 0 Å². The van der Waals surface area contributed by atoms with Gasteiger partial charge >= 0.3 is 0 Å². The maximum absolute atomic E-state index is 12.0. The summed E-state index contributed by atoms with van der Waals surface area (Å²) < 4.78 is 17.4. The molecule has 0 saturated heterocycles. The molecule has 0 aliphatic rings. The Bertz CT molecular complexity index is 591. The van der Waals surface area contributed by atoms with E-state index >= 15 is 0 Å². The maximum Gasteiger partial charge on any atom is 0.189 e. The molecule has 0 aliphatic carbocycles. The number of hydrogen-bond acceptors (Lipinski definition) is 2. The van der Waals surface area contributed by atoms with E-state index in [1.54, 1.807) is 0 Å². The molecule has 0 aromatic heterocycles. The molecule has 0 fully saturated rings. The van der Waals surface area contributed by atoms with E-state index in [4.69, 9.17) is 4.18 Å². The van der Waals surface area contributed by atoms with Crippen LogP contribution >= 0.6 is 0 Å². The van der Waals surface area contributed by atoms with Gasteiger partial charge in [-0.15, -0.1) is 0 Å². The molecule has 0 amide bonds. The van der Waals surface area contributed by atoms with Crippen LogP contribution in [-0.2, 0) is 21.9 Å². The van der Waals surface area contributed by atoms with Gasteiger partial charge in [0.1, 0.15) is 0 Å². The van der Waals surface area contributed by atoms with Crippen LogP contribution in [0.25, 0.3) is 0 Å². The van der Waals surface area contributed by atoms with Gasteiger partial charge in [-0.2, -0.15) is 0 Å². The number of benzene rings is 2. The Morgan fingerprint density at radius 1 is 0.947 bits per heavy atom. The minimum atomic E-state index is -1.40. The van der Waals surface area contributed by atoms with E-state index in [1.807, 2.05) is 36.4 Å². The fraction of sp³-hybridized carbons (Fsp3) is 0.250. The lowest BCUT2D eigenvalue weighted by Gasteiger charge is -2.11. The zero-order chi connectivity index (χ0) is 13.8. The molecule has 0 bridgehead atoms. The van der Waals surface area contributed by atoms with Crippen molar-refractivity contribution in [3.8, 4) is 0 Å². The van der Waals surface area contributed by atoms with Gasteiger partial charge in [0.2, 0.25) is 0 Å². The first-order chi connectivity index (χ1) is 9.09. The Labute approximate surface area is 117 Å². The van der Waals surface area contributed by atoms with E-state index in [0.717, 1.165) is 5.56 Å². The van der Waals surface area contributed by atoms with Crippen LogP contribution in [-0.4, -0.2) is 4.21 Å². The molecule has 2 aromatic carbocycles. The molecule has 3 heteroatoms. The predicted molar refractivity (Wildman–Crippen MR) is 78.3 cm³/mol. The van der Waals surface area contributed by atoms with Crippen molar-refractivity contribution in [1.29, 1.82) is 0 Å². The Morgan fingerprint density at radius 3 is 2.32 bits per heavy atom. The van der Waals surface area contributed by atoms with Crippen LogP contribution < -0.4 is 0 Å². The molecule has 0 saturated carbocycles. The molecule has 2 nitrogen and oxygen atoms in total. The van der Waals surface area contributed by atoms with Crippen LogP contribution in [0.4, 0.5) is 0 Å². The normalized spacial score (nSPS) is 12.4. The first-order valence-electron chi connectivity index (χ1n) is 6.25. The molecule has 0 radical (unpaired) electrons. The summed E-state index contributed by atoms with van der Waals surface area (Å²) >= 11 is -1.40. The minimum Gasteiger partial charge on any atom is -0.282 e. The monoisotopic (exact) mass is 274 g/mol. The summed E-state index contributed by atoms with van der Waals surface area (Å²) in [6.07, 6.45) is 0. The molecule has 2 aromatic rings. The van der Waals surface area contributed by atoms with E-state index in [-0.39, 0.29) is 0 Å². The molecule has 0 N–H and O–H groups in total. The topological polar surface area (TPSA) is 26.3 Å². The van der Waals surface area contributed by atoms with Crippen molar-refractivity contribution in [2.45, 2.75) is 32.3 Å². The zero-order valence-electron chi connectivity index (χ0n) is 11.5. The lowest BCUT2D eigenvalue weighted by Crippen LogP contribution is -2.01. The van der Waals surface area contributed by atoms with Crippen LogP contribution in [0.5, 0.6) is 0 Å². The third-order valence-electron chi connectivity index (χ3n) is 3.43. The van der Waals surface area contributed by atoms with Crippen LogP contribution in [0.3, 0.4) is 0 Å². The van der Waals surface area contributed by atoms with Gasteiger partial charge in [0.25, 0.3) is 0 Å². The van der Waals surface area contributed by atoms with Crippen LogP contribution in [0, 0.1) is 20.8 Å². The molecular weight excluding hydrogens is 256 g/mol. The van der Waals surface area contributed by atoms with Gasteiger partial charge in [0.15, 0.2) is 11.1 Å². The standard InChI is InChI=1S/C16H18O2S/c1-12-9-10-15(14(3)13(12)2)11-18-19(17)16-7-5-4-6-8-16/h4-10H,11H2,1-3H3. The summed E-state index contributed by atoms with van der Waals surface area (Å²) in [6.45, 7) is 6.64. The molecule has 1 atom stereocenters. The third-order valence-corrected chi connectivity index (χ3v) is 4.42. The Balaban J connectivity index is 2.08. The lowest BCUT2D eigenvalue weighted by molar-refractivity contribution is 0.336. The highest BCUT2D eigenvalue weighted by atomic mass is 32.2. The second-order valence-corrected chi connectivity index (χ2v) is 5.78. The smallest absolute Gasteiger partial charge is 0.189 e. The molecular formula is C16H18O2S. The second-order valence-electron chi connectivity index (χ2n) is 4.60. The van der Waals surface area contributed by atoms with Crippen molar-refractivity contribution in [2.75, 3.05) is 0 Å². The Hall–Kier alpha value is -1.45. The minimum absolute atomic E-state index is 0.370. The summed E-state index contributed by atoms with van der Waals surface area (Å²) in [4.78, 5) is 0.698. The average molecular weight is 274 g/mol. The highest BCUT2D eigenvalue weighted by Crippen LogP contribution is 2.19. The molecule has 0 aliphatic heterocycles. The van der Waals surface area contributed by atoms with E-state index in [1.165, 1.54) is 16.7 Å². The number of hydrogen-bond donors (Lipinski definition) is 0. The molecule has 19 heavy (non-hydrogen) atoms. The highest BCUT2D eigenvalue weighted by molar-refractivity contribution is 7.80. The van der Waals surface area contributed by atoms with Crippen molar-refractivity contribution in [3.63, 3.8) is 0 Å². The summed E-state index contributed by atoms with van der Waals surface area (Å²) in [5.41, 5.74) is 4.84. The van der Waals surface area contributed by atoms with Crippen molar-refractivity contribution < 1.29 is 8.39 Å². The quantitative estimate of drug-likeness (QED) is 0.846. The number of rotatable bonds is 4. The van der Waals surface area contributed by atoms with Gasteiger partial charge in [-0.05, 0) is 55.2 Å². The summed E-state index contributed by atoms with van der Waals surface area (Å²) in [6, 6.07) is 13.4. The van der Waals surface area contributed by atoms with Crippen LogP contribution in [0.15, 0.2) is 47.4 Å². The molecule has 0 spiro atoms. The fourth-order valence-corrected chi connectivity index (χ4v) is 2.63. The van der Waals surface area contributed by atoms with Gasteiger partial charge < -0.3 is 0 Å². The molecule has 100 valence electrons. The van der Waals surface area contributed by atoms with E-state index in [2.05, 4.69) is 26.8 Å². The van der Waals surface area contributed by atoms with Crippen molar-refractivity contribution in [3.05, 3.63) is 64.7 Å². The van der Waals surface area contributed by atoms with Gasteiger partial charge in [-0.25, -0.2) is 4.21 Å². The van der Waals surface area contributed by atoms with Gasteiger partial charge in [0, 0.05) is 0 Å². The molecule has 1 unspecified atom stereocenters. The Morgan fingerprint density at radius 2 is 1.63 bits per heavy atom. The predicted octanol–water partition coefficient (Wildman–Crippen LogP) is 3.85. The van der Waals surface area contributed by atoms with Gasteiger partial charge in [-0.1, -0.05) is 30.3 Å². The largest absolute Gasteiger partial charge is 0.282 e. The van der Waals surface area contributed by atoms with Crippen LogP contribution in [0.2, 0.25) is 0 Å². The lowest BCUT2D eigenvalue weighted by atomic mass is 9.99. The van der Waals surface area contributed by atoms with Crippen molar-refractivity contribution in [1.82, 2.24) is 0 Å². The molecule has 0 heterocycles. The zero-order valence-corrected chi connectivity index (χ0v) is 12.3. The first kappa shape index (κ1) is 14.0. The average Bonchev–Trinajstić information content (AvgIpc) is 2.45. The second kappa shape index (κ2) is 6.13. The van der Waals surface area contributed by atoms with E-state index < -0.39 is 11.1 Å².